The number of sulfonamides is 1. The molecule has 0 aliphatic rings. The summed E-state index contributed by atoms with van der Waals surface area (Å²) in [6, 6.07) is 2.35. The molecule has 0 bridgehead atoms. The molecule has 0 saturated heterocycles. The van der Waals surface area contributed by atoms with Crippen LogP contribution in [-0.4, -0.2) is 25.9 Å². The average Bonchev–Trinajstić information content (AvgIpc) is 2.96. The van der Waals surface area contributed by atoms with Gasteiger partial charge in [0.2, 0.25) is 10.0 Å². The van der Waals surface area contributed by atoms with E-state index >= 15 is 0 Å². The molecular weight excluding hydrogens is 419 g/mol. The molecule has 0 spiro atoms. The molecule has 1 heterocycles. The molecule has 0 atom stereocenters. The van der Waals surface area contributed by atoms with Crippen LogP contribution in [0.5, 0.6) is 0 Å². The first-order valence-electron chi connectivity index (χ1n) is 7.67. The van der Waals surface area contributed by atoms with Gasteiger partial charge in [0.25, 0.3) is 0 Å². The van der Waals surface area contributed by atoms with Gasteiger partial charge < -0.3 is 4.74 Å². The van der Waals surface area contributed by atoms with Crippen LogP contribution in [0.25, 0.3) is 0 Å². The molecule has 0 radical (unpaired) electrons. The van der Waals surface area contributed by atoms with E-state index in [-0.39, 0.29) is 39.6 Å². The number of ether oxygens (including phenoxy) is 1. The molecule has 26 heavy (non-hydrogen) atoms. The fourth-order valence-electron chi connectivity index (χ4n) is 1.94. The molecule has 0 aliphatic heterocycles. The zero-order valence-corrected chi connectivity index (χ0v) is 17.5. The minimum absolute atomic E-state index is 0.0114. The maximum absolute atomic E-state index is 12.4. The highest BCUT2D eigenvalue weighted by molar-refractivity contribution is 7.89. The number of aromatic nitrogens is 1. The van der Waals surface area contributed by atoms with Crippen molar-refractivity contribution in [2.24, 2.45) is 5.92 Å². The summed E-state index contributed by atoms with van der Waals surface area (Å²) in [5, 5.41) is 2.57. The molecule has 0 unspecified atom stereocenters. The molecule has 10 heteroatoms. The van der Waals surface area contributed by atoms with Crippen LogP contribution in [0.3, 0.4) is 0 Å². The summed E-state index contributed by atoms with van der Waals surface area (Å²) in [6.45, 7) is 5.79. The Labute approximate surface area is 166 Å². The second-order valence-corrected chi connectivity index (χ2v) is 9.55. The number of aryl methyl sites for hydroxylation is 1. The first-order valence-corrected chi connectivity index (χ1v) is 10.8. The van der Waals surface area contributed by atoms with Gasteiger partial charge in [0.05, 0.1) is 26.3 Å². The lowest BCUT2D eigenvalue weighted by Gasteiger charge is -2.12. The van der Waals surface area contributed by atoms with Gasteiger partial charge in [-0.3, -0.25) is 0 Å². The van der Waals surface area contributed by atoms with Crippen molar-refractivity contribution in [3.63, 3.8) is 0 Å². The van der Waals surface area contributed by atoms with Crippen LogP contribution >= 0.6 is 34.5 Å². The first kappa shape index (κ1) is 21.1. The SMILES string of the molecule is Cc1nc(COC(=O)c2cc(S(=O)(=O)NCC(C)C)c(Cl)cc2Cl)cs1. The van der Waals surface area contributed by atoms with Gasteiger partial charge in [-0.15, -0.1) is 11.3 Å². The van der Waals surface area contributed by atoms with E-state index in [1.165, 1.54) is 17.4 Å². The van der Waals surface area contributed by atoms with E-state index in [0.29, 0.717) is 5.69 Å². The van der Waals surface area contributed by atoms with Crippen molar-refractivity contribution in [1.82, 2.24) is 9.71 Å². The van der Waals surface area contributed by atoms with Gasteiger partial charge in [-0.05, 0) is 25.0 Å². The minimum atomic E-state index is -3.88. The molecule has 0 fully saturated rings. The minimum Gasteiger partial charge on any atom is -0.456 e. The van der Waals surface area contributed by atoms with Gasteiger partial charge in [0.1, 0.15) is 11.5 Å². The standard InChI is InChI=1S/C16H18Cl2N2O4S2/c1-9(2)6-19-26(22,23)15-4-12(13(17)5-14(15)18)16(21)24-7-11-8-25-10(3)20-11/h4-5,8-9,19H,6-7H2,1-3H3. The maximum Gasteiger partial charge on any atom is 0.340 e. The highest BCUT2D eigenvalue weighted by atomic mass is 35.5. The predicted molar refractivity (Wildman–Crippen MR) is 102 cm³/mol. The number of esters is 1. The second-order valence-electron chi connectivity index (χ2n) is 5.94. The summed E-state index contributed by atoms with van der Waals surface area (Å²) in [5.74, 6) is -0.639. The summed E-state index contributed by atoms with van der Waals surface area (Å²) in [5.41, 5.74) is 0.533. The molecule has 1 aromatic heterocycles. The fraction of sp³-hybridized carbons (Fsp3) is 0.375. The second kappa shape index (κ2) is 8.67. The Kier molecular flexibility index (Phi) is 7.04. The van der Waals surface area contributed by atoms with Crippen molar-refractivity contribution in [2.75, 3.05) is 6.54 Å². The molecule has 0 amide bonds. The Balaban J connectivity index is 2.24. The van der Waals surface area contributed by atoms with E-state index < -0.39 is 16.0 Å². The zero-order valence-electron chi connectivity index (χ0n) is 14.4. The predicted octanol–water partition coefficient (Wildman–Crippen LogP) is 4.05. The molecule has 6 nitrogen and oxygen atoms in total. The highest BCUT2D eigenvalue weighted by Gasteiger charge is 2.23. The molecule has 0 saturated carbocycles. The Morgan fingerprint density at radius 1 is 1.31 bits per heavy atom. The Hall–Kier alpha value is -1.19. The first-order chi connectivity index (χ1) is 12.1. The average molecular weight is 437 g/mol. The fourth-order valence-corrected chi connectivity index (χ4v) is 4.60. The van der Waals surface area contributed by atoms with E-state index in [0.717, 1.165) is 11.1 Å². The van der Waals surface area contributed by atoms with Gasteiger partial charge in [0.15, 0.2) is 0 Å². The molecule has 1 N–H and O–H groups in total. The summed E-state index contributed by atoms with van der Waals surface area (Å²) >= 11 is 13.5. The maximum atomic E-state index is 12.4. The van der Waals surface area contributed by atoms with Gasteiger partial charge in [-0.25, -0.2) is 22.9 Å². The van der Waals surface area contributed by atoms with Crippen molar-refractivity contribution in [2.45, 2.75) is 32.3 Å². The normalized spacial score (nSPS) is 11.8. The third-order valence-corrected chi connectivity index (χ3v) is 6.25. The Bertz CT molecular complexity index is 911. The number of carbonyl (C=O) groups is 1. The van der Waals surface area contributed by atoms with Crippen molar-refractivity contribution in [1.29, 1.82) is 0 Å². The number of hydrogen-bond donors (Lipinski definition) is 1. The number of thiazole rings is 1. The largest absolute Gasteiger partial charge is 0.456 e. The Morgan fingerprint density at radius 2 is 2.00 bits per heavy atom. The summed E-state index contributed by atoms with van der Waals surface area (Å²) in [4.78, 5) is 16.3. The lowest BCUT2D eigenvalue weighted by atomic mass is 10.2. The van der Waals surface area contributed by atoms with Gasteiger partial charge in [-0.2, -0.15) is 0 Å². The summed E-state index contributed by atoms with van der Waals surface area (Å²) < 4.78 is 32.5. The van der Waals surface area contributed by atoms with Crippen molar-refractivity contribution < 1.29 is 17.9 Å². The molecule has 2 aromatic rings. The van der Waals surface area contributed by atoms with Crippen LogP contribution in [0.4, 0.5) is 0 Å². The van der Waals surface area contributed by atoms with Gasteiger partial charge >= 0.3 is 5.97 Å². The van der Waals surface area contributed by atoms with E-state index in [1.54, 1.807) is 5.38 Å². The summed E-state index contributed by atoms with van der Waals surface area (Å²) in [7, 11) is -3.88. The molecular formula is C16H18Cl2N2O4S2. The molecule has 1 aromatic carbocycles. The van der Waals surface area contributed by atoms with E-state index in [2.05, 4.69) is 9.71 Å². The van der Waals surface area contributed by atoms with Gasteiger partial charge in [0, 0.05) is 11.9 Å². The molecule has 0 aliphatic carbocycles. The van der Waals surface area contributed by atoms with Crippen molar-refractivity contribution in [3.8, 4) is 0 Å². The third kappa shape index (κ3) is 5.40. The van der Waals surface area contributed by atoms with Gasteiger partial charge in [-0.1, -0.05) is 37.0 Å². The topological polar surface area (TPSA) is 85.4 Å². The van der Waals surface area contributed by atoms with Crippen LogP contribution < -0.4 is 4.72 Å². The van der Waals surface area contributed by atoms with Crippen LogP contribution in [-0.2, 0) is 21.4 Å². The smallest absolute Gasteiger partial charge is 0.340 e. The molecule has 142 valence electrons. The van der Waals surface area contributed by atoms with Crippen LogP contribution in [0.15, 0.2) is 22.4 Å². The van der Waals surface area contributed by atoms with E-state index in [1.807, 2.05) is 20.8 Å². The molecule has 2 rings (SSSR count). The lowest BCUT2D eigenvalue weighted by molar-refractivity contribution is 0.0468. The summed E-state index contributed by atoms with van der Waals surface area (Å²) in [6.07, 6.45) is 0. The monoisotopic (exact) mass is 436 g/mol. The number of carbonyl (C=O) groups excluding carboxylic acids is 1. The van der Waals surface area contributed by atoms with Crippen molar-refractivity contribution >= 4 is 50.5 Å². The van der Waals surface area contributed by atoms with Crippen LogP contribution in [0.2, 0.25) is 10.0 Å². The van der Waals surface area contributed by atoms with Crippen LogP contribution in [0.1, 0.15) is 34.9 Å². The van der Waals surface area contributed by atoms with E-state index in [4.69, 9.17) is 27.9 Å². The quantitative estimate of drug-likeness (QED) is 0.661. The van der Waals surface area contributed by atoms with E-state index in [9.17, 15) is 13.2 Å². The highest BCUT2D eigenvalue weighted by Crippen LogP contribution is 2.29. The number of benzene rings is 1. The number of hydrogen-bond acceptors (Lipinski definition) is 6. The number of nitrogens with zero attached hydrogens (tertiary/aromatic N) is 1. The van der Waals surface area contributed by atoms with Crippen molar-refractivity contribution in [3.05, 3.63) is 43.8 Å². The number of nitrogens with one attached hydrogen (secondary N) is 1. The number of halogens is 2. The van der Waals surface area contributed by atoms with Crippen LogP contribution in [0, 0.1) is 12.8 Å². The lowest BCUT2D eigenvalue weighted by Crippen LogP contribution is -2.28. The Morgan fingerprint density at radius 3 is 2.58 bits per heavy atom. The third-order valence-electron chi connectivity index (χ3n) is 3.23. The number of rotatable bonds is 7. The zero-order chi connectivity index (χ0) is 19.5.